The van der Waals surface area contributed by atoms with Crippen LogP contribution in [0.5, 0.6) is 0 Å². The fraction of sp³-hybridized carbons (Fsp3) is 0.857. The van der Waals surface area contributed by atoms with Gasteiger partial charge in [-0.3, -0.25) is 4.79 Å². The number of rotatable bonds is 2. The number of nitrogens with one attached hydrogen (secondary N) is 1. The highest BCUT2D eigenvalue weighted by molar-refractivity contribution is 5.81. The van der Waals surface area contributed by atoms with Crippen LogP contribution in [0.1, 0.15) is 13.3 Å². The van der Waals surface area contributed by atoms with Crippen LogP contribution in [0.3, 0.4) is 0 Å². The zero-order chi connectivity index (χ0) is 7.56. The lowest BCUT2D eigenvalue weighted by Crippen LogP contribution is -2.20. The van der Waals surface area contributed by atoms with E-state index in [9.17, 15) is 4.79 Å². The predicted octanol–water partition coefficient (Wildman–Crippen LogP) is -0.249. The first-order valence-electron chi connectivity index (χ1n) is 3.64. The third-order valence-corrected chi connectivity index (χ3v) is 2.06. The number of aliphatic hydroxyl groups is 1. The molecule has 0 bridgehead atoms. The van der Waals surface area contributed by atoms with E-state index in [1.165, 1.54) is 0 Å². The summed E-state index contributed by atoms with van der Waals surface area (Å²) in [5, 5.41) is 11.3. The molecule has 0 aromatic heterocycles. The van der Waals surface area contributed by atoms with E-state index in [0.717, 1.165) is 6.54 Å². The van der Waals surface area contributed by atoms with Crippen LogP contribution in [0.25, 0.3) is 0 Å². The van der Waals surface area contributed by atoms with Gasteiger partial charge in [0, 0.05) is 19.1 Å². The maximum Gasteiger partial charge on any atom is 0.223 e. The molecule has 1 fully saturated rings. The lowest BCUT2D eigenvalue weighted by Gasteiger charge is -2.08. The van der Waals surface area contributed by atoms with E-state index in [-0.39, 0.29) is 18.4 Å². The Morgan fingerprint density at radius 2 is 2.50 bits per heavy atom. The maximum atomic E-state index is 11.0. The summed E-state index contributed by atoms with van der Waals surface area (Å²) in [5.74, 6) is 0.534. The van der Waals surface area contributed by atoms with Crippen molar-refractivity contribution in [2.75, 3.05) is 13.2 Å². The highest BCUT2D eigenvalue weighted by Gasteiger charge is 2.30. The molecule has 0 aliphatic carbocycles. The number of carbonyl (C=O) groups excluding carboxylic acids is 1. The van der Waals surface area contributed by atoms with Crippen LogP contribution in [-0.2, 0) is 4.79 Å². The van der Waals surface area contributed by atoms with Crippen LogP contribution in [0, 0.1) is 11.8 Å². The molecular weight excluding hydrogens is 130 g/mol. The minimum absolute atomic E-state index is 0.0463. The number of hydrogen-bond acceptors (Lipinski definition) is 2. The summed E-state index contributed by atoms with van der Waals surface area (Å²) in [7, 11) is 0. The Balaban J connectivity index is 2.46. The molecule has 1 rings (SSSR count). The Morgan fingerprint density at radius 1 is 1.80 bits per heavy atom. The molecule has 3 heteroatoms. The molecule has 1 saturated heterocycles. The monoisotopic (exact) mass is 143 g/mol. The Hall–Kier alpha value is -0.570. The van der Waals surface area contributed by atoms with E-state index in [1.54, 1.807) is 0 Å². The molecule has 2 atom stereocenters. The molecule has 0 spiro atoms. The first-order valence-corrected chi connectivity index (χ1v) is 3.64. The summed E-state index contributed by atoms with van der Waals surface area (Å²) < 4.78 is 0. The Labute approximate surface area is 60.4 Å². The van der Waals surface area contributed by atoms with Crippen molar-refractivity contribution < 1.29 is 9.90 Å². The summed E-state index contributed by atoms with van der Waals surface area (Å²) >= 11 is 0. The van der Waals surface area contributed by atoms with Crippen molar-refractivity contribution in [1.29, 1.82) is 0 Å². The molecule has 1 amide bonds. The van der Waals surface area contributed by atoms with E-state index < -0.39 is 0 Å². The first-order chi connectivity index (χ1) is 4.75. The van der Waals surface area contributed by atoms with Gasteiger partial charge in [-0.05, 0) is 12.3 Å². The van der Waals surface area contributed by atoms with Crippen molar-refractivity contribution in [3.8, 4) is 0 Å². The van der Waals surface area contributed by atoms with Gasteiger partial charge in [-0.25, -0.2) is 0 Å². The molecule has 1 aliphatic rings. The number of amides is 1. The molecule has 1 aliphatic heterocycles. The number of carbonyl (C=O) groups is 1. The van der Waals surface area contributed by atoms with Gasteiger partial charge in [0.05, 0.1) is 0 Å². The molecule has 0 aromatic rings. The molecule has 0 saturated carbocycles. The SMILES string of the molecule is C[C@@H]1CNC(=O)[C@@H]1CCO. The van der Waals surface area contributed by atoms with E-state index in [0.29, 0.717) is 12.3 Å². The highest BCUT2D eigenvalue weighted by atomic mass is 16.3. The molecule has 1 heterocycles. The minimum atomic E-state index is 0.0463. The van der Waals surface area contributed by atoms with Crippen molar-refractivity contribution in [3.63, 3.8) is 0 Å². The van der Waals surface area contributed by atoms with Crippen molar-refractivity contribution in [2.24, 2.45) is 11.8 Å². The largest absolute Gasteiger partial charge is 0.396 e. The van der Waals surface area contributed by atoms with Crippen LogP contribution >= 0.6 is 0 Å². The maximum absolute atomic E-state index is 11.0. The zero-order valence-corrected chi connectivity index (χ0v) is 6.13. The quantitative estimate of drug-likeness (QED) is 0.560. The fourth-order valence-corrected chi connectivity index (χ4v) is 1.35. The lowest BCUT2D eigenvalue weighted by atomic mass is 9.95. The van der Waals surface area contributed by atoms with Gasteiger partial charge in [-0.15, -0.1) is 0 Å². The summed E-state index contributed by atoms with van der Waals surface area (Å²) in [6, 6.07) is 0. The van der Waals surface area contributed by atoms with E-state index in [4.69, 9.17) is 5.11 Å². The second-order valence-corrected chi connectivity index (χ2v) is 2.84. The second-order valence-electron chi connectivity index (χ2n) is 2.84. The Morgan fingerprint density at radius 3 is 2.90 bits per heavy atom. The predicted molar refractivity (Wildman–Crippen MR) is 37.4 cm³/mol. The van der Waals surface area contributed by atoms with Gasteiger partial charge in [0.15, 0.2) is 0 Å². The summed E-state index contributed by atoms with van der Waals surface area (Å²) in [5.41, 5.74) is 0. The smallest absolute Gasteiger partial charge is 0.223 e. The average Bonchev–Trinajstić information content (AvgIpc) is 2.20. The van der Waals surface area contributed by atoms with Gasteiger partial charge >= 0.3 is 0 Å². The molecule has 58 valence electrons. The lowest BCUT2D eigenvalue weighted by molar-refractivity contribution is -0.123. The molecule has 0 aromatic carbocycles. The summed E-state index contributed by atoms with van der Waals surface area (Å²) in [6.45, 7) is 2.91. The third-order valence-electron chi connectivity index (χ3n) is 2.06. The average molecular weight is 143 g/mol. The van der Waals surface area contributed by atoms with Crippen LogP contribution in [0.15, 0.2) is 0 Å². The molecule has 2 N–H and O–H groups in total. The van der Waals surface area contributed by atoms with Crippen LogP contribution in [0.2, 0.25) is 0 Å². The van der Waals surface area contributed by atoms with Gasteiger partial charge in [-0.1, -0.05) is 6.92 Å². The van der Waals surface area contributed by atoms with Gasteiger partial charge in [0.25, 0.3) is 0 Å². The van der Waals surface area contributed by atoms with Crippen LogP contribution < -0.4 is 5.32 Å². The van der Waals surface area contributed by atoms with E-state index in [1.807, 2.05) is 6.92 Å². The van der Waals surface area contributed by atoms with Crippen molar-refractivity contribution in [1.82, 2.24) is 5.32 Å². The topological polar surface area (TPSA) is 49.3 Å². The van der Waals surface area contributed by atoms with Gasteiger partial charge in [-0.2, -0.15) is 0 Å². The molecule has 0 radical (unpaired) electrons. The summed E-state index contributed by atoms with van der Waals surface area (Å²) in [4.78, 5) is 11.0. The van der Waals surface area contributed by atoms with Gasteiger partial charge in [0.2, 0.25) is 5.91 Å². The van der Waals surface area contributed by atoms with Crippen LogP contribution in [0.4, 0.5) is 0 Å². The van der Waals surface area contributed by atoms with Gasteiger partial charge < -0.3 is 10.4 Å². The molecule has 3 nitrogen and oxygen atoms in total. The Kier molecular flexibility index (Phi) is 2.27. The van der Waals surface area contributed by atoms with Crippen LogP contribution in [-0.4, -0.2) is 24.2 Å². The van der Waals surface area contributed by atoms with Crippen molar-refractivity contribution in [2.45, 2.75) is 13.3 Å². The van der Waals surface area contributed by atoms with Crippen molar-refractivity contribution in [3.05, 3.63) is 0 Å². The number of aliphatic hydroxyl groups excluding tert-OH is 1. The summed E-state index contributed by atoms with van der Waals surface area (Å²) in [6.07, 6.45) is 0.604. The van der Waals surface area contributed by atoms with Gasteiger partial charge in [0.1, 0.15) is 0 Å². The van der Waals surface area contributed by atoms with E-state index in [2.05, 4.69) is 5.32 Å². The molecular formula is C7H13NO2. The highest BCUT2D eigenvalue weighted by Crippen LogP contribution is 2.19. The minimum Gasteiger partial charge on any atom is -0.396 e. The number of hydrogen-bond donors (Lipinski definition) is 2. The normalized spacial score (nSPS) is 32.4. The zero-order valence-electron chi connectivity index (χ0n) is 6.13. The Bertz CT molecular complexity index is 136. The van der Waals surface area contributed by atoms with E-state index >= 15 is 0 Å². The van der Waals surface area contributed by atoms with Crippen molar-refractivity contribution >= 4 is 5.91 Å². The fourth-order valence-electron chi connectivity index (χ4n) is 1.35. The molecule has 0 unspecified atom stereocenters. The first kappa shape index (κ1) is 7.54. The molecule has 10 heavy (non-hydrogen) atoms. The standard InChI is InChI=1S/C7H13NO2/c1-5-4-8-7(10)6(5)2-3-9/h5-6,9H,2-4H2,1H3,(H,8,10)/t5-,6-/m1/s1. The second kappa shape index (κ2) is 3.01. The third kappa shape index (κ3) is 1.29.